The molecular formula is C29H54O3. The molecule has 0 aliphatic carbocycles. The number of carbonyl (C=O) groups excluding carboxylic acids is 2. The highest BCUT2D eigenvalue weighted by Gasteiger charge is 2.13. The molecule has 0 aromatic carbocycles. The zero-order chi connectivity index (χ0) is 23.1. The summed E-state index contributed by atoms with van der Waals surface area (Å²) in [5.74, 6) is 0.335. The molecule has 0 unspecified atom stereocenters. The highest BCUT2D eigenvalue weighted by Crippen LogP contribution is 2.17. The Balaban J connectivity index is 2.20. The lowest BCUT2D eigenvalue weighted by molar-refractivity contribution is -0.148. The maximum absolute atomic E-state index is 12.1. The smallest absolute Gasteiger partial charge is 0.308 e. The molecule has 1 fully saturated rings. The van der Waals surface area contributed by atoms with Gasteiger partial charge in [-0.3, -0.25) is 9.59 Å². The Kier molecular flexibility index (Phi) is 20.0. The normalized spacial score (nSPS) is 25.1. The van der Waals surface area contributed by atoms with Crippen LogP contribution in [-0.2, 0) is 14.3 Å². The third kappa shape index (κ3) is 18.7. The number of ketones is 1. The minimum atomic E-state index is -0.0553. The highest BCUT2D eigenvalue weighted by molar-refractivity contribution is 5.78. The number of cyclic esters (lactones) is 1. The molecule has 1 saturated heterocycles. The SMILES string of the molecule is C[C@H]1CCCCCCCCCCCCCCCCCCCCCC(=O)CCCCOC1=O. The van der Waals surface area contributed by atoms with Crippen molar-refractivity contribution in [2.75, 3.05) is 6.61 Å². The first-order valence-corrected chi connectivity index (χ1v) is 14.4. The molecule has 1 aliphatic heterocycles. The van der Waals surface area contributed by atoms with Gasteiger partial charge in [-0.15, -0.1) is 0 Å². The van der Waals surface area contributed by atoms with Gasteiger partial charge in [0, 0.05) is 12.8 Å². The van der Waals surface area contributed by atoms with Gasteiger partial charge in [-0.1, -0.05) is 122 Å². The van der Waals surface area contributed by atoms with Gasteiger partial charge in [0.1, 0.15) is 5.78 Å². The zero-order valence-corrected chi connectivity index (χ0v) is 21.5. The van der Waals surface area contributed by atoms with Gasteiger partial charge in [0.15, 0.2) is 0 Å². The van der Waals surface area contributed by atoms with Gasteiger partial charge >= 0.3 is 5.97 Å². The van der Waals surface area contributed by atoms with Crippen LogP contribution in [0.5, 0.6) is 0 Å². The van der Waals surface area contributed by atoms with Crippen LogP contribution in [0.4, 0.5) is 0 Å². The van der Waals surface area contributed by atoms with Crippen LogP contribution in [0.25, 0.3) is 0 Å². The standard InChI is InChI=1S/C29H54O3/c1-27-23-19-17-15-13-11-9-7-5-3-2-4-6-8-10-12-14-16-18-20-24-28(30)25-21-22-26-32-29(27)31/h27H,2-26H2,1H3/t27-/m0/s1. The Morgan fingerprint density at radius 3 is 1.28 bits per heavy atom. The maximum Gasteiger partial charge on any atom is 0.308 e. The predicted octanol–water partition coefficient (Wildman–Crippen LogP) is 9.11. The fourth-order valence-corrected chi connectivity index (χ4v) is 4.76. The van der Waals surface area contributed by atoms with E-state index in [0.29, 0.717) is 18.8 Å². The quantitative estimate of drug-likeness (QED) is 0.345. The number of carbonyl (C=O) groups is 2. The van der Waals surface area contributed by atoms with Crippen LogP contribution < -0.4 is 0 Å². The van der Waals surface area contributed by atoms with Crippen LogP contribution in [0.2, 0.25) is 0 Å². The molecule has 1 atom stereocenters. The molecule has 0 amide bonds. The Labute approximate surface area is 199 Å². The molecule has 1 aliphatic rings. The van der Waals surface area contributed by atoms with Gasteiger partial charge in [-0.2, -0.15) is 0 Å². The summed E-state index contributed by atoms with van der Waals surface area (Å²) in [5.41, 5.74) is 0. The van der Waals surface area contributed by atoms with Crippen molar-refractivity contribution in [3.8, 4) is 0 Å². The summed E-state index contributed by atoms with van der Waals surface area (Å²) in [7, 11) is 0. The van der Waals surface area contributed by atoms with E-state index in [-0.39, 0.29) is 11.9 Å². The van der Waals surface area contributed by atoms with E-state index in [4.69, 9.17) is 4.74 Å². The van der Waals surface area contributed by atoms with Crippen LogP contribution in [0.15, 0.2) is 0 Å². The molecule has 0 spiro atoms. The fourth-order valence-electron chi connectivity index (χ4n) is 4.76. The van der Waals surface area contributed by atoms with E-state index >= 15 is 0 Å². The third-order valence-electron chi connectivity index (χ3n) is 7.09. The molecular weight excluding hydrogens is 396 g/mol. The summed E-state index contributed by atoms with van der Waals surface area (Å²) >= 11 is 0. The molecule has 1 heterocycles. The lowest BCUT2D eigenvalue weighted by Crippen LogP contribution is -2.15. The molecule has 3 nitrogen and oxygen atoms in total. The van der Waals surface area contributed by atoms with E-state index in [0.717, 1.165) is 38.5 Å². The van der Waals surface area contributed by atoms with Crippen molar-refractivity contribution >= 4 is 11.8 Å². The van der Waals surface area contributed by atoms with Crippen LogP contribution >= 0.6 is 0 Å². The lowest BCUT2D eigenvalue weighted by Gasteiger charge is -2.11. The highest BCUT2D eigenvalue weighted by atomic mass is 16.5. The number of Topliss-reactive ketones (excluding diaryl/α,β-unsaturated/α-hetero) is 1. The Morgan fingerprint density at radius 1 is 0.500 bits per heavy atom. The second-order valence-electron chi connectivity index (χ2n) is 10.3. The van der Waals surface area contributed by atoms with Crippen molar-refractivity contribution in [2.45, 2.75) is 161 Å². The first-order valence-electron chi connectivity index (χ1n) is 14.4. The van der Waals surface area contributed by atoms with Crippen LogP contribution in [0, 0.1) is 5.92 Å². The molecule has 0 radical (unpaired) electrons. The number of rotatable bonds is 0. The van der Waals surface area contributed by atoms with E-state index in [9.17, 15) is 9.59 Å². The van der Waals surface area contributed by atoms with Crippen molar-refractivity contribution in [3.05, 3.63) is 0 Å². The van der Waals surface area contributed by atoms with Gasteiger partial charge in [-0.05, 0) is 25.7 Å². The summed E-state index contributed by atoms with van der Waals surface area (Å²) in [4.78, 5) is 24.1. The molecule has 0 bridgehead atoms. The van der Waals surface area contributed by atoms with Crippen molar-refractivity contribution in [2.24, 2.45) is 5.92 Å². The van der Waals surface area contributed by atoms with Crippen molar-refractivity contribution in [3.63, 3.8) is 0 Å². The van der Waals surface area contributed by atoms with Crippen molar-refractivity contribution < 1.29 is 14.3 Å². The molecule has 0 saturated carbocycles. The Hall–Kier alpha value is -0.860. The van der Waals surface area contributed by atoms with Gasteiger partial charge in [0.2, 0.25) is 0 Å². The zero-order valence-electron chi connectivity index (χ0n) is 21.5. The molecule has 0 aromatic heterocycles. The lowest BCUT2D eigenvalue weighted by atomic mass is 10.0. The van der Waals surface area contributed by atoms with E-state index in [1.165, 1.54) is 109 Å². The number of ether oxygens (including phenoxy) is 1. The predicted molar refractivity (Wildman–Crippen MR) is 136 cm³/mol. The van der Waals surface area contributed by atoms with Crippen LogP contribution in [0.3, 0.4) is 0 Å². The first-order chi connectivity index (χ1) is 15.7. The maximum atomic E-state index is 12.1. The van der Waals surface area contributed by atoms with E-state index in [2.05, 4.69) is 0 Å². The minimum absolute atomic E-state index is 0.00711. The summed E-state index contributed by atoms with van der Waals surface area (Å²) in [6.45, 7) is 2.46. The fraction of sp³-hybridized carbons (Fsp3) is 0.931. The summed E-state index contributed by atoms with van der Waals surface area (Å²) in [6.07, 6.45) is 29.3. The van der Waals surface area contributed by atoms with Crippen LogP contribution in [0.1, 0.15) is 161 Å². The monoisotopic (exact) mass is 450 g/mol. The average Bonchev–Trinajstić information content (AvgIpc) is 2.78. The largest absolute Gasteiger partial charge is 0.465 e. The van der Waals surface area contributed by atoms with E-state index in [1.807, 2.05) is 6.92 Å². The summed E-state index contributed by atoms with van der Waals surface area (Å²) in [6, 6.07) is 0. The average molecular weight is 451 g/mol. The third-order valence-corrected chi connectivity index (χ3v) is 7.09. The Morgan fingerprint density at radius 2 is 0.844 bits per heavy atom. The molecule has 32 heavy (non-hydrogen) atoms. The van der Waals surface area contributed by atoms with Crippen molar-refractivity contribution in [1.82, 2.24) is 0 Å². The molecule has 0 aromatic rings. The van der Waals surface area contributed by atoms with E-state index in [1.54, 1.807) is 0 Å². The van der Waals surface area contributed by atoms with Crippen LogP contribution in [-0.4, -0.2) is 18.4 Å². The molecule has 1 rings (SSSR count). The van der Waals surface area contributed by atoms with Gasteiger partial charge < -0.3 is 4.74 Å². The minimum Gasteiger partial charge on any atom is -0.465 e. The number of hydrogen-bond acceptors (Lipinski definition) is 3. The molecule has 3 heteroatoms. The Bertz CT molecular complexity index is 446. The molecule has 188 valence electrons. The second-order valence-corrected chi connectivity index (χ2v) is 10.3. The van der Waals surface area contributed by atoms with Crippen molar-refractivity contribution in [1.29, 1.82) is 0 Å². The van der Waals surface area contributed by atoms with Gasteiger partial charge in [0.05, 0.1) is 12.5 Å². The number of esters is 1. The number of hydrogen-bond donors (Lipinski definition) is 0. The second kappa shape index (κ2) is 22.0. The summed E-state index contributed by atoms with van der Waals surface area (Å²) in [5, 5.41) is 0. The van der Waals surface area contributed by atoms with Gasteiger partial charge in [-0.25, -0.2) is 0 Å². The molecule has 0 N–H and O–H groups in total. The topological polar surface area (TPSA) is 43.4 Å². The summed E-state index contributed by atoms with van der Waals surface area (Å²) < 4.78 is 5.43. The van der Waals surface area contributed by atoms with Gasteiger partial charge in [0.25, 0.3) is 0 Å². The van der Waals surface area contributed by atoms with E-state index < -0.39 is 0 Å². The first kappa shape index (κ1) is 29.2.